The monoisotopic (exact) mass is 900 g/mol. The van der Waals surface area contributed by atoms with Crippen LogP contribution in [-0.2, 0) is 40.4 Å². The van der Waals surface area contributed by atoms with Crippen molar-refractivity contribution in [3.63, 3.8) is 0 Å². The fourth-order valence-electron chi connectivity index (χ4n) is 8.43. The molecule has 2 saturated carbocycles. The Kier molecular flexibility index (Phi) is 16.2. The molecule has 2 heterocycles. The molecule has 16 nitrogen and oxygen atoms in total. The number of alkyl carbamates (subject to hydrolysis) is 1. The molecule has 2 aliphatic carbocycles. The number of allylic oxidation sites excluding steroid dienone is 2. The zero-order valence-electron chi connectivity index (χ0n) is 39.4. The van der Waals surface area contributed by atoms with Gasteiger partial charge in [0.05, 0.1) is 16.9 Å². The number of hydrogen-bond acceptors (Lipinski definition) is 10. The number of rotatable bonds is 21. The molecule has 4 N–H and O–H groups in total. The van der Waals surface area contributed by atoms with Crippen LogP contribution in [0, 0.1) is 11.3 Å². The SMILES string of the molecule is C=CCCCC1(S(=O)(=O)NC(=O)[C@@]2(NC(=O)[C@@H]3C[C@@H](Oc4nc(/C(=C\C)C(=O)NCCC=C)c(CC)n4C(C)C)CN3C(=O)[C@@H](NC(=O)OC(C)(C)C)C(C)(C)C)C[C@H]2CC)CC1. The first-order chi connectivity index (χ1) is 29.3. The third-order valence-corrected chi connectivity index (χ3v) is 14.3. The average Bonchev–Trinajstić information content (AvgIpc) is 4.05. The van der Waals surface area contributed by atoms with Crippen LogP contribution >= 0.6 is 0 Å². The molecule has 5 amide bonds. The Morgan fingerprint density at radius 3 is 2.17 bits per heavy atom. The van der Waals surface area contributed by atoms with Crippen molar-refractivity contribution in [3.05, 3.63) is 42.8 Å². The number of sulfonamides is 1. The number of nitrogens with zero attached hydrogens (tertiary/aromatic N) is 3. The highest BCUT2D eigenvalue weighted by Gasteiger charge is 2.64. The van der Waals surface area contributed by atoms with Crippen LogP contribution in [0.5, 0.6) is 6.01 Å². The lowest BCUT2D eigenvalue weighted by atomic mass is 9.85. The molecule has 63 heavy (non-hydrogen) atoms. The maximum absolute atomic E-state index is 14.8. The summed E-state index contributed by atoms with van der Waals surface area (Å²) in [5.74, 6) is -2.68. The highest BCUT2D eigenvalue weighted by molar-refractivity contribution is 7.91. The van der Waals surface area contributed by atoms with Crippen LogP contribution in [0.25, 0.3) is 5.57 Å². The summed E-state index contributed by atoms with van der Waals surface area (Å²) >= 11 is 0. The van der Waals surface area contributed by atoms with Gasteiger partial charge in [-0.3, -0.25) is 28.5 Å². The summed E-state index contributed by atoms with van der Waals surface area (Å²) < 4.78 is 42.8. The predicted octanol–water partition coefficient (Wildman–Crippen LogP) is 6.03. The van der Waals surface area contributed by atoms with Crippen LogP contribution in [0.1, 0.15) is 151 Å². The van der Waals surface area contributed by atoms with Crippen LogP contribution in [0.15, 0.2) is 31.4 Å². The maximum Gasteiger partial charge on any atom is 0.408 e. The topological polar surface area (TPSA) is 207 Å². The van der Waals surface area contributed by atoms with Crippen LogP contribution in [0.2, 0.25) is 0 Å². The van der Waals surface area contributed by atoms with Gasteiger partial charge in [0.2, 0.25) is 21.8 Å². The van der Waals surface area contributed by atoms with Crippen molar-refractivity contribution in [2.45, 2.75) is 180 Å². The van der Waals surface area contributed by atoms with Gasteiger partial charge in [-0.25, -0.2) is 13.2 Å². The standard InChI is InChI=1S/C46H73N7O9S/c1-14-19-21-22-45(23-24-45)63(59,60)51-40(57)46(27-30(46)16-3)50-38(55)34-26-31(28-52(34)39(56)36(43(8,9)10)49-42(58)62-44(11,12)13)61-41-48-35(33(18-5)53(41)29(6)7)32(17-4)37(54)47-25-20-15-2/h14-15,17,29-31,34,36H,1-2,16,18-28H2,3-13H3,(H,47,54)(H,49,58)(H,50,55)(H,51,57)/b32-17+/t30-,31-,34+,36-,46-/m1/s1. The van der Waals surface area contributed by atoms with E-state index in [4.69, 9.17) is 14.5 Å². The zero-order chi connectivity index (χ0) is 47.3. The van der Waals surface area contributed by atoms with Gasteiger partial charge in [0.25, 0.3) is 17.8 Å². The molecule has 3 fully saturated rings. The number of aromatic nitrogens is 2. The molecule has 1 aliphatic heterocycles. The molecule has 3 aliphatic rings. The summed E-state index contributed by atoms with van der Waals surface area (Å²) in [6.07, 6.45) is 7.84. The third-order valence-electron chi connectivity index (χ3n) is 12.1. The van der Waals surface area contributed by atoms with Crippen molar-refractivity contribution in [2.75, 3.05) is 13.1 Å². The number of hydrogen-bond donors (Lipinski definition) is 4. The molecule has 352 valence electrons. The summed E-state index contributed by atoms with van der Waals surface area (Å²) in [7, 11) is -4.08. The number of carbonyl (C=O) groups excluding carboxylic acids is 5. The first-order valence-corrected chi connectivity index (χ1v) is 24.0. The normalized spacial score (nSPS) is 22.4. The lowest BCUT2D eigenvalue weighted by molar-refractivity contribution is -0.143. The van der Waals surface area contributed by atoms with E-state index in [2.05, 4.69) is 33.8 Å². The van der Waals surface area contributed by atoms with Crippen molar-refractivity contribution < 1.29 is 41.9 Å². The van der Waals surface area contributed by atoms with Gasteiger partial charge in [-0.1, -0.05) is 59.3 Å². The molecule has 1 aromatic heterocycles. The number of likely N-dealkylation sites (tertiary alicyclic amines) is 1. The Bertz CT molecular complexity index is 2040. The third kappa shape index (κ3) is 11.7. The van der Waals surface area contributed by atoms with Gasteiger partial charge in [0.15, 0.2) is 0 Å². The van der Waals surface area contributed by atoms with Crippen molar-refractivity contribution in [3.8, 4) is 6.01 Å². The van der Waals surface area contributed by atoms with Crippen LogP contribution in [0.3, 0.4) is 0 Å². The molecule has 0 bridgehead atoms. The van der Waals surface area contributed by atoms with Crippen molar-refractivity contribution >= 4 is 45.3 Å². The first-order valence-electron chi connectivity index (χ1n) is 22.5. The molecule has 0 unspecified atom stereocenters. The molecular weight excluding hydrogens is 827 g/mol. The Labute approximate surface area is 374 Å². The fourth-order valence-corrected chi connectivity index (χ4v) is 10.1. The van der Waals surface area contributed by atoms with Gasteiger partial charge in [0.1, 0.15) is 35.0 Å². The van der Waals surface area contributed by atoms with Crippen LogP contribution < -0.4 is 25.4 Å². The van der Waals surface area contributed by atoms with Crippen LogP contribution in [-0.4, -0.2) is 99.8 Å². The van der Waals surface area contributed by atoms with E-state index in [0.717, 1.165) is 5.69 Å². The van der Waals surface area contributed by atoms with E-state index in [1.54, 1.807) is 66.7 Å². The van der Waals surface area contributed by atoms with E-state index in [-0.39, 0.29) is 43.3 Å². The number of unbranched alkanes of at least 4 members (excludes halogenated alkanes) is 1. The van der Waals surface area contributed by atoms with Gasteiger partial charge in [-0.05, 0) is 104 Å². The van der Waals surface area contributed by atoms with E-state index in [9.17, 15) is 32.4 Å². The summed E-state index contributed by atoms with van der Waals surface area (Å²) in [5.41, 5.74) is -1.65. The van der Waals surface area contributed by atoms with Gasteiger partial charge in [0, 0.05) is 24.7 Å². The largest absolute Gasteiger partial charge is 0.459 e. The minimum Gasteiger partial charge on any atom is -0.459 e. The fraction of sp³-hybridized carbons (Fsp3) is 0.696. The number of carbonyl (C=O) groups is 5. The van der Waals surface area contributed by atoms with Gasteiger partial charge < -0.3 is 30.3 Å². The molecule has 4 rings (SSSR count). The lowest BCUT2D eigenvalue weighted by Crippen LogP contribution is -2.60. The summed E-state index contributed by atoms with van der Waals surface area (Å²) in [5, 5.41) is 8.56. The number of nitrogens with one attached hydrogen (secondary N) is 4. The van der Waals surface area contributed by atoms with E-state index >= 15 is 0 Å². The first kappa shape index (κ1) is 51.0. The number of amides is 5. The summed E-state index contributed by atoms with van der Waals surface area (Å²) in [6.45, 7) is 27.7. The number of imidazole rings is 1. The minimum atomic E-state index is -4.08. The average molecular weight is 900 g/mol. The van der Waals surface area contributed by atoms with Crippen molar-refractivity contribution in [1.29, 1.82) is 0 Å². The molecule has 0 spiro atoms. The summed E-state index contributed by atoms with van der Waals surface area (Å²) in [4.78, 5) is 76.4. The van der Waals surface area contributed by atoms with Gasteiger partial charge >= 0.3 is 6.09 Å². The maximum atomic E-state index is 14.8. The van der Waals surface area contributed by atoms with Crippen molar-refractivity contribution in [1.82, 2.24) is 35.1 Å². The smallest absolute Gasteiger partial charge is 0.408 e. The van der Waals surface area contributed by atoms with E-state index < -0.39 is 73.3 Å². The molecule has 0 radical (unpaired) electrons. The highest BCUT2D eigenvalue weighted by atomic mass is 32.2. The quantitative estimate of drug-likeness (QED) is 0.0640. The molecular formula is C46H73N7O9S. The Morgan fingerprint density at radius 1 is 1.02 bits per heavy atom. The van der Waals surface area contributed by atoms with Gasteiger partial charge in [-0.15, -0.1) is 13.2 Å². The second kappa shape index (κ2) is 20.0. The predicted molar refractivity (Wildman–Crippen MR) is 243 cm³/mol. The van der Waals surface area contributed by atoms with E-state index in [1.165, 1.54) is 4.90 Å². The zero-order valence-corrected chi connectivity index (χ0v) is 40.3. The second-order valence-electron chi connectivity index (χ2n) is 19.5. The second-order valence-corrected chi connectivity index (χ2v) is 21.6. The van der Waals surface area contributed by atoms with Crippen LogP contribution in [0.4, 0.5) is 4.79 Å². The molecule has 1 saturated heterocycles. The van der Waals surface area contributed by atoms with Crippen molar-refractivity contribution in [2.24, 2.45) is 11.3 Å². The van der Waals surface area contributed by atoms with E-state index in [0.29, 0.717) is 69.2 Å². The summed E-state index contributed by atoms with van der Waals surface area (Å²) in [6, 6.07) is -2.32. The lowest BCUT2D eigenvalue weighted by Gasteiger charge is -2.36. The molecule has 0 aromatic carbocycles. The number of ether oxygens (including phenoxy) is 2. The van der Waals surface area contributed by atoms with E-state index in [1.807, 2.05) is 32.3 Å². The molecule has 17 heteroatoms. The Hall–Kier alpha value is -4.67. The highest BCUT2D eigenvalue weighted by Crippen LogP contribution is 2.50. The molecule has 1 aromatic rings. The van der Waals surface area contributed by atoms with Gasteiger partial charge in [-0.2, -0.15) is 4.98 Å². The minimum absolute atomic E-state index is 0.0274. The Balaban J connectivity index is 1.72. The Morgan fingerprint density at radius 2 is 1.67 bits per heavy atom. The molecule has 5 atom stereocenters.